The number of para-hydroxylation sites is 1. The van der Waals surface area contributed by atoms with E-state index in [0.29, 0.717) is 6.54 Å². The first kappa shape index (κ1) is 14.9. The number of anilines is 1. The zero-order valence-electron chi connectivity index (χ0n) is 12.9. The van der Waals surface area contributed by atoms with Crippen molar-refractivity contribution >= 4 is 11.6 Å². The second kappa shape index (κ2) is 5.83. The van der Waals surface area contributed by atoms with E-state index in [9.17, 15) is 4.79 Å². The number of benzene rings is 1. The molecule has 0 saturated heterocycles. The van der Waals surface area contributed by atoms with Gasteiger partial charge in [0.2, 0.25) is 5.91 Å². The molecule has 0 bridgehead atoms. The molecule has 2 N–H and O–H groups in total. The van der Waals surface area contributed by atoms with Gasteiger partial charge in [0.1, 0.15) is 6.04 Å². The van der Waals surface area contributed by atoms with Crippen LogP contribution >= 0.6 is 0 Å². The van der Waals surface area contributed by atoms with Crippen molar-refractivity contribution in [2.45, 2.75) is 38.3 Å². The minimum atomic E-state index is -0.122. The average molecular weight is 275 g/mol. The van der Waals surface area contributed by atoms with Crippen molar-refractivity contribution in [1.29, 1.82) is 0 Å². The summed E-state index contributed by atoms with van der Waals surface area (Å²) in [7, 11) is 4.06. The van der Waals surface area contributed by atoms with E-state index in [-0.39, 0.29) is 17.5 Å². The molecule has 4 nitrogen and oxygen atoms in total. The maximum absolute atomic E-state index is 12.3. The van der Waals surface area contributed by atoms with Crippen molar-refractivity contribution in [3.05, 3.63) is 29.8 Å². The number of rotatable bonds is 4. The lowest BCUT2D eigenvalue weighted by molar-refractivity contribution is -0.122. The number of hydrogen-bond acceptors (Lipinski definition) is 3. The fourth-order valence-corrected chi connectivity index (χ4v) is 2.22. The maximum atomic E-state index is 12.3. The van der Waals surface area contributed by atoms with E-state index in [0.717, 1.165) is 18.5 Å². The van der Waals surface area contributed by atoms with Crippen LogP contribution < -0.4 is 10.6 Å². The lowest BCUT2D eigenvalue weighted by Gasteiger charge is -2.34. The van der Waals surface area contributed by atoms with Gasteiger partial charge in [-0.15, -0.1) is 0 Å². The fourth-order valence-electron chi connectivity index (χ4n) is 2.22. The number of amides is 1. The Labute approximate surface area is 121 Å². The van der Waals surface area contributed by atoms with Gasteiger partial charge >= 0.3 is 0 Å². The lowest BCUT2D eigenvalue weighted by atomic mass is 9.97. The van der Waals surface area contributed by atoms with Crippen molar-refractivity contribution in [1.82, 2.24) is 10.2 Å². The highest BCUT2D eigenvalue weighted by Crippen LogP contribution is 2.24. The molecule has 0 aromatic heterocycles. The summed E-state index contributed by atoms with van der Waals surface area (Å²) in [5.41, 5.74) is 2.35. The molecule has 1 aliphatic rings. The molecule has 1 aromatic carbocycles. The third kappa shape index (κ3) is 3.31. The second-order valence-electron chi connectivity index (χ2n) is 6.32. The molecule has 1 aliphatic heterocycles. The standard InChI is InChI=1S/C16H25N3O/c1-16(2,19(3)4)11-17-15(20)14-10-9-12-7-5-6-8-13(12)18-14/h5-8,14,18H,9-11H2,1-4H3,(H,17,20). The van der Waals surface area contributed by atoms with Gasteiger partial charge in [-0.05, 0) is 52.4 Å². The molecule has 0 spiro atoms. The number of nitrogens with zero attached hydrogens (tertiary/aromatic N) is 1. The highest BCUT2D eigenvalue weighted by molar-refractivity contribution is 5.85. The van der Waals surface area contributed by atoms with Crippen LogP contribution in [0.3, 0.4) is 0 Å². The van der Waals surface area contributed by atoms with E-state index >= 15 is 0 Å². The van der Waals surface area contributed by atoms with Gasteiger partial charge in [0, 0.05) is 17.8 Å². The van der Waals surface area contributed by atoms with Crippen LogP contribution in [-0.4, -0.2) is 43.0 Å². The van der Waals surface area contributed by atoms with Crippen molar-refractivity contribution < 1.29 is 4.79 Å². The summed E-state index contributed by atoms with van der Waals surface area (Å²) in [6.45, 7) is 4.90. The molecule has 110 valence electrons. The highest BCUT2D eigenvalue weighted by Gasteiger charge is 2.26. The topological polar surface area (TPSA) is 44.4 Å². The Morgan fingerprint density at radius 3 is 2.80 bits per heavy atom. The molecular formula is C16H25N3O. The molecule has 20 heavy (non-hydrogen) atoms. The first-order valence-corrected chi connectivity index (χ1v) is 7.20. The molecule has 0 fully saturated rings. The van der Waals surface area contributed by atoms with Crippen molar-refractivity contribution in [2.24, 2.45) is 0 Å². The van der Waals surface area contributed by atoms with Gasteiger partial charge in [-0.25, -0.2) is 0 Å². The Kier molecular flexibility index (Phi) is 4.33. The van der Waals surface area contributed by atoms with Crippen LogP contribution in [0.5, 0.6) is 0 Å². The van der Waals surface area contributed by atoms with Gasteiger partial charge in [-0.1, -0.05) is 18.2 Å². The summed E-state index contributed by atoms with van der Waals surface area (Å²) < 4.78 is 0. The molecule has 1 amide bonds. The quantitative estimate of drug-likeness (QED) is 0.881. The average Bonchev–Trinajstić information content (AvgIpc) is 2.44. The molecular weight excluding hydrogens is 250 g/mol. The minimum absolute atomic E-state index is 0.0395. The Balaban J connectivity index is 1.92. The number of fused-ring (bicyclic) bond motifs is 1. The van der Waals surface area contributed by atoms with E-state index in [1.54, 1.807) is 0 Å². The largest absolute Gasteiger partial charge is 0.373 e. The second-order valence-corrected chi connectivity index (χ2v) is 6.32. The van der Waals surface area contributed by atoms with E-state index in [1.807, 2.05) is 32.3 Å². The number of likely N-dealkylation sites (N-methyl/N-ethyl adjacent to an activating group) is 1. The van der Waals surface area contributed by atoms with Crippen LogP contribution in [0.2, 0.25) is 0 Å². The van der Waals surface area contributed by atoms with Crippen LogP contribution in [-0.2, 0) is 11.2 Å². The van der Waals surface area contributed by atoms with Gasteiger partial charge in [-0.2, -0.15) is 0 Å². The summed E-state index contributed by atoms with van der Waals surface area (Å²) >= 11 is 0. The van der Waals surface area contributed by atoms with E-state index in [4.69, 9.17) is 0 Å². The summed E-state index contributed by atoms with van der Waals surface area (Å²) in [5, 5.41) is 6.40. The molecule has 1 atom stereocenters. The van der Waals surface area contributed by atoms with Gasteiger partial charge in [0.25, 0.3) is 0 Å². The molecule has 0 aliphatic carbocycles. The molecule has 1 heterocycles. The monoisotopic (exact) mass is 275 g/mol. The highest BCUT2D eigenvalue weighted by atomic mass is 16.2. The molecule has 0 saturated carbocycles. The van der Waals surface area contributed by atoms with E-state index in [1.165, 1.54) is 5.56 Å². The number of hydrogen-bond donors (Lipinski definition) is 2. The van der Waals surface area contributed by atoms with Crippen molar-refractivity contribution in [2.75, 3.05) is 26.0 Å². The SMILES string of the molecule is CN(C)C(C)(C)CNC(=O)C1CCc2ccccc2N1. The summed E-state index contributed by atoms with van der Waals surface area (Å²) in [6, 6.07) is 8.08. The Hall–Kier alpha value is -1.55. The first-order chi connectivity index (χ1) is 9.40. The van der Waals surface area contributed by atoms with Crippen LogP contribution in [0.1, 0.15) is 25.8 Å². The Morgan fingerprint density at radius 2 is 2.10 bits per heavy atom. The Morgan fingerprint density at radius 1 is 1.40 bits per heavy atom. The molecule has 4 heteroatoms. The molecule has 2 rings (SSSR count). The van der Waals surface area contributed by atoms with Gasteiger partial charge in [-0.3, -0.25) is 4.79 Å². The summed E-state index contributed by atoms with van der Waals surface area (Å²) in [5.74, 6) is 0.0921. The van der Waals surface area contributed by atoms with Gasteiger partial charge in [0.05, 0.1) is 0 Å². The zero-order chi connectivity index (χ0) is 14.8. The Bertz CT molecular complexity index is 482. The predicted octanol–water partition coefficient (Wildman–Crippen LogP) is 1.87. The number of carbonyl (C=O) groups is 1. The summed E-state index contributed by atoms with van der Waals surface area (Å²) in [4.78, 5) is 14.4. The van der Waals surface area contributed by atoms with Crippen molar-refractivity contribution in [3.8, 4) is 0 Å². The molecule has 1 unspecified atom stereocenters. The smallest absolute Gasteiger partial charge is 0.242 e. The number of carbonyl (C=O) groups excluding carboxylic acids is 1. The normalized spacial score (nSPS) is 18.4. The fraction of sp³-hybridized carbons (Fsp3) is 0.562. The van der Waals surface area contributed by atoms with Gasteiger partial charge < -0.3 is 15.5 Å². The number of nitrogens with one attached hydrogen (secondary N) is 2. The van der Waals surface area contributed by atoms with E-state index < -0.39 is 0 Å². The third-order valence-electron chi connectivity index (χ3n) is 4.27. The molecule has 0 radical (unpaired) electrons. The van der Waals surface area contributed by atoms with Crippen molar-refractivity contribution in [3.63, 3.8) is 0 Å². The number of aryl methyl sites for hydroxylation is 1. The van der Waals surface area contributed by atoms with Crippen LogP contribution in [0.15, 0.2) is 24.3 Å². The maximum Gasteiger partial charge on any atom is 0.242 e. The van der Waals surface area contributed by atoms with E-state index in [2.05, 4.69) is 35.4 Å². The van der Waals surface area contributed by atoms with Crippen LogP contribution in [0.4, 0.5) is 5.69 Å². The zero-order valence-corrected chi connectivity index (χ0v) is 12.9. The van der Waals surface area contributed by atoms with Crippen LogP contribution in [0, 0.1) is 0 Å². The first-order valence-electron chi connectivity index (χ1n) is 7.20. The summed E-state index contributed by atoms with van der Waals surface area (Å²) in [6.07, 6.45) is 1.81. The van der Waals surface area contributed by atoms with Crippen LogP contribution in [0.25, 0.3) is 0 Å². The minimum Gasteiger partial charge on any atom is -0.373 e. The molecule has 1 aromatic rings. The van der Waals surface area contributed by atoms with Gasteiger partial charge in [0.15, 0.2) is 0 Å². The predicted molar refractivity (Wildman–Crippen MR) is 82.9 cm³/mol. The lowest BCUT2D eigenvalue weighted by Crippen LogP contribution is -2.51. The third-order valence-corrected chi connectivity index (χ3v) is 4.27.